The van der Waals surface area contributed by atoms with E-state index in [0.717, 1.165) is 0 Å². The Morgan fingerprint density at radius 3 is 1.70 bits per heavy atom. The number of nitro benzene ring substituents is 2. The van der Waals surface area contributed by atoms with Crippen LogP contribution in [-0.2, 0) is 0 Å². The van der Waals surface area contributed by atoms with Gasteiger partial charge >= 0.3 is 0 Å². The number of nitro groups is 2. The molecule has 33 heavy (non-hydrogen) atoms. The molecular formula is C25H15N3O5. The van der Waals surface area contributed by atoms with Gasteiger partial charge < -0.3 is 4.98 Å². The van der Waals surface area contributed by atoms with Crippen LogP contribution in [0.3, 0.4) is 0 Å². The maximum absolute atomic E-state index is 12.7. The summed E-state index contributed by atoms with van der Waals surface area (Å²) in [5.41, 5.74) is 2.33. The average Bonchev–Trinajstić information content (AvgIpc) is 2.83. The molecule has 8 heteroatoms. The minimum Gasteiger partial charge on any atom is -0.321 e. The number of rotatable bonds is 4. The van der Waals surface area contributed by atoms with Gasteiger partial charge in [-0.25, -0.2) is 0 Å². The fraction of sp³-hybridized carbons (Fsp3) is 0. The minimum atomic E-state index is -0.442. The maximum Gasteiger partial charge on any atom is 0.277 e. The van der Waals surface area contributed by atoms with Gasteiger partial charge in [-0.15, -0.1) is 0 Å². The van der Waals surface area contributed by atoms with E-state index in [2.05, 4.69) is 4.98 Å². The van der Waals surface area contributed by atoms with Crippen LogP contribution in [0.1, 0.15) is 0 Å². The number of aromatic nitrogens is 1. The van der Waals surface area contributed by atoms with Gasteiger partial charge in [0.2, 0.25) is 0 Å². The number of aromatic amines is 1. The van der Waals surface area contributed by atoms with Gasteiger partial charge in [0.15, 0.2) is 0 Å². The van der Waals surface area contributed by atoms with E-state index in [1.807, 2.05) is 0 Å². The molecule has 1 heterocycles. The second-order valence-electron chi connectivity index (χ2n) is 7.52. The van der Waals surface area contributed by atoms with Crippen LogP contribution < -0.4 is 5.56 Å². The third-order valence-corrected chi connectivity index (χ3v) is 5.65. The molecule has 0 unspecified atom stereocenters. The van der Waals surface area contributed by atoms with Crippen LogP contribution in [0, 0.1) is 20.2 Å². The van der Waals surface area contributed by atoms with Crippen molar-refractivity contribution in [1.29, 1.82) is 0 Å². The summed E-state index contributed by atoms with van der Waals surface area (Å²) in [6, 6.07) is 23.1. The number of benzene rings is 4. The summed E-state index contributed by atoms with van der Waals surface area (Å²) >= 11 is 0. The normalized spacial score (nSPS) is 11.0. The molecule has 0 aliphatic heterocycles. The highest BCUT2D eigenvalue weighted by molar-refractivity contribution is 6.08. The highest BCUT2D eigenvalue weighted by Gasteiger charge is 2.17. The van der Waals surface area contributed by atoms with Gasteiger partial charge in [-0.3, -0.25) is 25.0 Å². The standard InChI is InChI=1S/C25H15N3O5/c29-25-19-11-9-15(17-5-1-3-7-23(17)27(30)31)13-20(19)21-14-16(10-12-22(21)26-25)18-6-2-4-8-24(18)28(32)33/h1-14H,(H,26,29). The lowest BCUT2D eigenvalue weighted by Gasteiger charge is -2.10. The number of pyridine rings is 1. The molecule has 5 aromatic rings. The molecule has 0 amide bonds. The van der Waals surface area contributed by atoms with Gasteiger partial charge in [0, 0.05) is 28.4 Å². The van der Waals surface area contributed by atoms with Crippen LogP contribution in [0.2, 0.25) is 0 Å². The zero-order valence-electron chi connectivity index (χ0n) is 17.0. The summed E-state index contributed by atoms with van der Waals surface area (Å²) in [6.45, 7) is 0. The van der Waals surface area contributed by atoms with Crippen molar-refractivity contribution in [3.63, 3.8) is 0 Å². The minimum absolute atomic E-state index is 0.0221. The zero-order chi connectivity index (χ0) is 23.1. The number of nitrogens with zero attached hydrogens (tertiary/aromatic N) is 2. The zero-order valence-corrected chi connectivity index (χ0v) is 17.0. The van der Waals surface area contributed by atoms with Crippen LogP contribution in [0.15, 0.2) is 89.7 Å². The third-order valence-electron chi connectivity index (χ3n) is 5.65. The molecule has 0 spiro atoms. The van der Waals surface area contributed by atoms with E-state index in [-0.39, 0.29) is 16.9 Å². The lowest BCUT2D eigenvalue weighted by Crippen LogP contribution is -2.06. The lowest BCUT2D eigenvalue weighted by atomic mass is 9.96. The van der Waals surface area contributed by atoms with Crippen molar-refractivity contribution >= 4 is 33.1 Å². The van der Waals surface area contributed by atoms with Crippen molar-refractivity contribution in [2.45, 2.75) is 0 Å². The van der Waals surface area contributed by atoms with Crippen LogP contribution in [0.4, 0.5) is 11.4 Å². The molecule has 0 saturated carbocycles. The van der Waals surface area contributed by atoms with E-state index in [1.54, 1.807) is 72.8 Å². The van der Waals surface area contributed by atoms with Crippen molar-refractivity contribution in [2.75, 3.05) is 0 Å². The molecule has 1 N–H and O–H groups in total. The lowest BCUT2D eigenvalue weighted by molar-refractivity contribution is -0.384. The number of para-hydroxylation sites is 2. The van der Waals surface area contributed by atoms with Gasteiger partial charge in [0.25, 0.3) is 16.9 Å². The Bertz CT molecular complexity index is 1660. The van der Waals surface area contributed by atoms with E-state index in [0.29, 0.717) is 43.9 Å². The van der Waals surface area contributed by atoms with E-state index in [4.69, 9.17) is 0 Å². The summed E-state index contributed by atoms with van der Waals surface area (Å²) in [7, 11) is 0. The van der Waals surface area contributed by atoms with E-state index >= 15 is 0 Å². The molecule has 0 aliphatic carbocycles. The van der Waals surface area contributed by atoms with E-state index in [9.17, 15) is 25.0 Å². The number of hydrogen-bond acceptors (Lipinski definition) is 5. The first-order chi connectivity index (χ1) is 15.9. The van der Waals surface area contributed by atoms with E-state index in [1.165, 1.54) is 12.1 Å². The maximum atomic E-state index is 12.7. The highest BCUT2D eigenvalue weighted by atomic mass is 16.6. The second-order valence-corrected chi connectivity index (χ2v) is 7.52. The first-order valence-electron chi connectivity index (χ1n) is 10.0. The number of nitrogens with one attached hydrogen (secondary N) is 1. The van der Waals surface area contributed by atoms with Crippen LogP contribution in [0.5, 0.6) is 0 Å². The predicted molar refractivity (Wildman–Crippen MR) is 126 cm³/mol. The first kappa shape index (κ1) is 20.1. The van der Waals surface area contributed by atoms with Gasteiger partial charge in [-0.2, -0.15) is 0 Å². The predicted octanol–water partition coefficient (Wildman–Crippen LogP) is 5.83. The summed E-state index contributed by atoms with van der Waals surface area (Å²) in [5, 5.41) is 24.7. The molecule has 0 atom stereocenters. The van der Waals surface area contributed by atoms with Gasteiger partial charge in [0.05, 0.1) is 21.0 Å². The monoisotopic (exact) mass is 437 g/mol. The fourth-order valence-electron chi connectivity index (χ4n) is 4.12. The molecule has 0 fully saturated rings. The number of fused-ring (bicyclic) bond motifs is 3. The van der Waals surface area contributed by atoms with Crippen molar-refractivity contribution in [1.82, 2.24) is 4.98 Å². The Hall–Kier alpha value is -4.85. The fourth-order valence-corrected chi connectivity index (χ4v) is 4.12. The molecule has 160 valence electrons. The van der Waals surface area contributed by atoms with Crippen LogP contribution in [-0.4, -0.2) is 14.8 Å². The van der Waals surface area contributed by atoms with Gasteiger partial charge in [-0.05, 0) is 52.9 Å². The Morgan fingerprint density at radius 2 is 1.12 bits per heavy atom. The number of H-pyrrole nitrogens is 1. The highest BCUT2D eigenvalue weighted by Crippen LogP contribution is 2.35. The molecule has 0 saturated heterocycles. The van der Waals surface area contributed by atoms with Crippen LogP contribution >= 0.6 is 0 Å². The Balaban J connectivity index is 1.81. The SMILES string of the molecule is O=c1[nH]c2ccc(-c3ccccc3[N+](=O)[O-])cc2c2cc(-c3ccccc3[N+](=O)[O-])ccc12. The van der Waals surface area contributed by atoms with Crippen molar-refractivity contribution in [3.8, 4) is 22.3 Å². The first-order valence-corrected chi connectivity index (χ1v) is 10.0. The summed E-state index contributed by atoms with van der Waals surface area (Å²) < 4.78 is 0. The third kappa shape index (κ3) is 3.39. The van der Waals surface area contributed by atoms with Crippen LogP contribution in [0.25, 0.3) is 43.9 Å². The topological polar surface area (TPSA) is 119 Å². The molecule has 4 aromatic carbocycles. The van der Waals surface area contributed by atoms with Crippen molar-refractivity contribution in [3.05, 3.63) is 116 Å². The van der Waals surface area contributed by atoms with Crippen molar-refractivity contribution in [2.24, 2.45) is 0 Å². The Kier molecular flexibility index (Phi) is 4.68. The molecular weight excluding hydrogens is 422 g/mol. The molecule has 0 aliphatic rings. The quantitative estimate of drug-likeness (QED) is 0.215. The smallest absolute Gasteiger partial charge is 0.277 e. The molecule has 0 radical (unpaired) electrons. The number of hydrogen-bond donors (Lipinski definition) is 1. The Labute approximate surface area is 186 Å². The molecule has 5 rings (SSSR count). The second kappa shape index (κ2) is 7.69. The average molecular weight is 437 g/mol. The van der Waals surface area contributed by atoms with E-state index < -0.39 is 9.85 Å². The molecule has 8 nitrogen and oxygen atoms in total. The summed E-state index contributed by atoms with van der Waals surface area (Å²) in [4.78, 5) is 37.6. The summed E-state index contributed by atoms with van der Waals surface area (Å²) in [6.07, 6.45) is 0. The van der Waals surface area contributed by atoms with Crippen molar-refractivity contribution < 1.29 is 9.85 Å². The molecule has 1 aromatic heterocycles. The Morgan fingerprint density at radius 1 is 0.606 bits per heavy atom. The summed E-state index contributed by atoms with van der Waals surface area (Å²) in [5.74, 6) is 0. The van der Waals surface area contributed by atoms with Gasteiger partial charge in [0.1, 0.15) is 0 Å². The largest absolute Gasteiger partial charge is 0.321 e. The van der Waals surface area contributed by atoms with Gasteiger partial charge in [-0.1, -0.05) is 36.4 Å². The molecule has 0 bridgehead atoms.